The number of fused-ring (bicyclic) bond motifs is 2. The standard InChI is InChI=1S/C32H45ClN4O/c1-3-4-5-6-7-8-9-10-11-12-13-18-31(38)37-29-17-15-14-16-27(29)32(36-23-21-35(2)22-24-36)34-28-25-26(33)19-20-30(28)37/h14-17,19-20,25H,3-13,18,21-24H2,1-2H3. The van der Waals surface area contributed by atoms with Gasteiger partial charge < -0.3 is 9.80 Å². The highest BCUT2D eigenvalue weighted by Crippen LogP contribution is 2.42. The zero-order valence-electron chi connectivity index (χ0n) is 23.4. The van der Waals surface area contributed by atoms with Crippen LogP contribution >= 0.6 is 11.6 Å². The number of amidine groups is 1. The van der Waals surface area contributed by atoms with Crippen LogP contribution in [0.25, 0.3) is 0 Å². The van der Waals surface area contributed by atoms with Crippen LogP contribution in [0.4, 0.5) is 17.1 Å². The zero-order valence-corrected chi connectivity index (χ0v) is 24.2. The van der Waals surface area contributed by atoms with Crippen LogP contribution in [-0.2, 0) is 4.79 Å². The molecule has 2 heterocycles. The van der Waals surface area contributed by atoms with Crippen molar-refractivity contribution in [1.29, 1.82) is 0 Å². The van der Waals surface area contributed by atoms with Gasteiger partial charge in [-0.25, -0.2) is 4.99 Å². The van der Waals surface area contributed by atoms with Crippen molar-refractivity contribution in [3.8, 4) is 0 Å². The molecule has 0 unspecified atom stereocenters. The Bertz CT molecular complexity index is 1080. The molecule has 0 atom stereocenters. The van der Waals surface area contributed by atoms with Crippen LogP contribution in [0.2, 0.25) is 5.02 Å². The molecule has 0 aliphatic carbocycles. The fraction of sp³-hybridized carbons (Fsp3) is 0.562. The van der Waals surface area contributed by atoms with Crippen LogP contribution in [-0.4, -0.2) is 54.8 Å². The van der Waals surface area contributed by atoms with Crippen LogP contribution in [0.3, 0.4) is 0 Å². The first-order valence-electron chi connectivity index (χ1n) is 14.8. The van der Waals surface area contributed by atoms with Crippen molar-refractivity contribution in [3.05, 3.63) is 53.1 Å². The van der Waals surface area contributed by atoms with E-state index in [9.17, 15) is 4.79 Å². The molecule has 0 spiro atoms. The highest BCUT2D eigenvalue weighted by Gasteiger charge is 2.30. The Morgan fingerprint density at radius 1 is 0.816 bits per heavy atom. The number of rotatable bonds is 12. The second kappa shape index (κ2) is 14.7. The van der Waals surface area contributed by atoms with Crippen molar-refractivity contribution < 1.29 is 4.79 Å². The van der Waals surface area contributed by atoms with Crippen molar-refractivity contribution in [2.24, 2.45) is 4.99 Å². The largest absolute Gasteiger partial charge is 0.353 e. The fourth-order valence-electron chi connectivity index (χ4n) is 5.52. The average molecular weight is 537 g/mol. The second-order valence-electron chi connectivity index (χ2n) is 10.9. The normalized spacial score (nSPS) is 15.6. The molecule has 2 aromatic rings. The summed E-state index contributed by atoms with van der Waals surface area (Å²) in [5.41, 5.74) is 3.50. The first-order chi connectivity index (χ1) is 18.6. The van der Waals surface area contributed by atoms with Gasteiger partial charge in [-0.1, -0.05) is 94.9 Å². The number of benzene rings is 2. The molecule has 0 radical (unpaired) electrons. The number of likely N-dealkylation sites (N-methyl/N-ethyl adjacent to an activating group) is 1. The summed E-state index contributed by atoms with van der Waals surface area (Å²) in [5.74, 6) is 1.06. The summed E-state index contributed by atoms with van der Waals surface area (Å²) in [7, 11) is 2.16. The Labute approximate surface area is 234 Å². The minimum atomic E-state index is 0.131. The number of piperazine rings is 1. The maximum atomic E-state index is 13.8. The molecule has 1 amide bonds. The average Bonchev–Trinajstić information content (AvgIpc) is 3.06. The lowest BCUT2D eigenvalue weighted by molar-refractivity contribution is -0.118. The van der Waals surface area contributed by atoms with Crippen LogP contribution in [0, 0.1) is 0 Å². The van der Waals surface area contributed by atoms with Gasteiger partial charge in [0.2, 0.25) is 5.91 Å². The number of carbonyl (C=O) groups excluding carboxylic acids is 1. The van der Waals surface area contributed by atoms with Crippen molar-refractivity contribution in [3.63, 3.8) is 0 Å². The Kier molecular flexibility index (Phi) is 11.1. The van der Waals surface area contributed by atoms with E-state index >= 15 is 0 Å². The highest BCUT2D eigenvalue weighted by molar-refractivity contribution is 6.31. The molecule has 1 saturated heterocycles. The second-order valence-corrected chi connectivity index (χ2v) is 11.3. The molecule has 0 bridgehead atoms. The summed E-state index contributed by atoms with van der Waals surface area (Å²) in [6.07, 6.45) is 14.5. The van der Waals surface area contributed by atoms with E-state index < -0.39 is 0 Å². The van der Waals surface area contributed by atoms with Crippen LogP contribution < -0.4 is 4.90 Å². The summed E-state index contributed by atoms with van der Waals surface area (Å²) in [6.45, 7) is 6.07. The van der Waals surface area contributed by atoms with Crippen molar-refractivity contribution in [2.75, 3.05) is 38.1 Å². The van der Waals surface area contributed by atoms with E-state index in [1.54, 1.807) is 0 Å². The highest BCUT2D eigenvalue weighted by atomic mass is 35.5. The van der Waals surface area contributed by atoms with Gasteiger partial charge in [0, 0.05) is 43.2 Å². The Morgan fingerprint density at radius 2 is 1.45 bits per heavy atom. The number of carbonyl (C=O) groups is 1. The number of para-hydroxylation sites is 1. The van der Waals surface area contributed by atoms with E-state index in [0.29, 0.717) is 11.4 Å². The van der Waals surface area contributed by atoms with Gasteiger partial charge in [-0.05, 0) is 43.8 Å². The summed E-state index contributed by atoms with van der Waals surface area (Å²) >= 11 is 6.41. The van der Waals surface area contributed by atoms with Crippen molar-refractivity contribution >= 4 is 40.4 Å². The molecule has 206 valence electrons. The number of hydrogen-bond acceptors (Lipinski definition) is 4. The minimum Gasteiger partial charge on any atom is -0.353 e. The van der Waals surface area contributed by atoms with Gasteiger partial charge in [0.15, 0.2) is 0 Å². The van der Waals surface area contributed by atoms with Crippen molar-refractivity contribution in [2.45, 2.75) is 84.0 Å². The fourth-order valence-corrected chi connectivity index (χ4v) is 5.68. The molecule has 5 nitrogen and oxygen atoms in total. The Hall–Kier alpha value is -2.37. The van der Waals surface area contributed by atoms with Gasteiger partial charge in [-0.3, -0.25) is 9.69 Å². The third-order valence-corrected chi connectivity index (χ3v) is 8.07. The number of halogens is 1. The van der Waals surface area contributed by atoms with Crippen LogP contribution in [0.5, 0.6) is 0 Å². The van der Waals surface area contributed by atoms with Gasteiger partial charge in [0.05, 0.1) is 17.1 Å². The molecule has 38 heavy (non-hydrogen) atoms. The molecule has 2 aliphatic heterocycles. The lowest BCUT2D eigenvalue weighted by atomic mass is 10.0. The number of hydrogen-bond donors (Lipinski definition) is 0. The smallest absolute Gasteiger partial charge is 0.231 e. The summed E-state index contributed by atoms with van der Waals surface area (Å²) < 4.78 is 0. The number of amides is 1. The monoisotopic (exact) mass is 536 g/mol. The van der Waals surface area contributed by atoms with Crippen LogP contribution in [0.15, 0.2) is 47.5 Å². The van der Waals surface area contributed by atoms with Gasteiger partial charge in [0.1, 0.15) is 5.84 Å². The number of aliphatic imine (C=N–C) groups is 1. The molecule has 1 fully saturated rings. The molecule has 0 N–H and O–H groups in total. The predicted octanol–water partition coefficient (Wildman–Crippen LogP) is 8.34. The number of nitrogens with zero attached hydrogens (tertiary/aromatic N) is 4. The van der Waals surface area contributed by atoms with Crippen molar-refractivity contribution in [1.82, 2.24) is 9.80 Å². The Balaban J connectivity index is 1.42. The summed E-state index contributed by atoms with van der Waals surface area (Å²) in [4.78, 5) is 25.5. The van der Waals surface area contributed by atoms with Gasteiger partial charge in [0.25, 0.3) is 0 Å². The third-order valence-electron chi connectivity index (χ3n) is 7.84. The maximum absolute atomic E-state index is 13.8. The van der Waals surface area contributed by atoms with Gasteiger partial charge in [-0.2, -0.15) is 0 Å². The van der Waals surface area contributed by atoms with Crippen LogP contribution in [0.1, 0.15) is 89.5 Å². The molecule has 2 aliphatic rings. The lowest BCUT2D eigenvalue weighted by Crippen LogP contribution is -2.47. The lowest BCUT2D eigenvalue weighted by Gasteiger charge is -2.35. The molecule has 0 aromatic heterocycles. The zero-order chi connectivity index (χ0) is 26.7. The van der Waals surface area contributed by atoms with E-state index in [4.69, 9.17) is 16.6 Å². The van der Waals surface area contributed by atoms with E-state index in [2.05, 4.69) is 35.9 Å². The van der Waals surface area contributed by atoms with Gasteiger partial charge in [-0.15, -0.1) is 0 Å². The van der Waals surface area contributed by atoms with Gasteiger partial charge >= 0.3 is 0 Å². The summed E-state index contributed by atoms with van der Waals surface area (Å²) in [6, 6.07) is 13.9. The Morgan fingerprint density at radius 3 is 2.13 bits per heavy atom. The minimum absolute atomic E-state index is 0.131. The maximum Gasteiger partial charge on any atom is 0.231 e. The third kappa shape index (κ3) is 7.60. The number of anilines is 2. The number of unbranched alkanes of at least 4 members (excludes halogenated alkanes) is 10. The van der Waals surface area contributed by atoms with E-state index in [-0.39, 0.29) is 5.91 Å². The molecular formula is C32H45ClN4O. The van der Waals surface area contributed by atoms with E-state index in [0.717, 1.165) is 67.5 Å². The predicted molar refractivity (Wildman–Crippen MR) is 161 cm³/mol. The van der Waals surface area contributed by atoms with E-state index in [1.165, 1.54) is 57.8 Å². The molecule has 2 aromatic carbocycles. The SMILES string of the molecule is CCCCCCCCCCCCCC(=O)N1c2ccc(Cl)cc2N=C(N2CCN(C)CC2)c2ccccc21. The molecule has 4 rings (SSSR count). The first-order valence-corrected chi connectivity index (χ1v) is 15.2. The topological polar surface area (TPSA) is 39.2 Å². The molecule has 6 heteroatoms. The summed E-state index contributed by atoms with van der Waals surface area (Å²) in [5, 5.41) is 0.633. The quantitative estimate of drug-likeness (QED) is 0.256. The molecule has 0 saturated carbocycles. The first kappa shape index (κ1) is 28.6. The van der Waals surface area contributed by atoms with E-state index in [1.807, 2.05) is 35.2 Å². The molecular weight excluding hydrogens is 492 g/mol.